The summed E-state index contributed by atoms with van der Waals surface area (Å²) in [6.07, 6.45) is 6.04. The van der Waals surface area contributed by atoms with E-state index in [9.17, 15) is 13.2 Å². The highest BCUT2D eigenvalue weighted by Gasteiger charge is 2.17. The summed E-state index contributed by atoms with van der Waals surface area (Å²) in [5.74, 6) is -3.81. The van der Waals surface area contributed by atoms with Crippen LogP contribution in [0.4, 0.5) is 13.2 Å². The Balaban J connectivity index is 1.90. The zero-order valence-corrected chi connectivity index (χ0v) is 14.0. The van der Waals surface area contributed by atoms with Gasteiger partial charge in [-0.25, -0.2) is 13.2 Å². The molecule has 0 amide bonds. The van der Waals surface area contributed by atoms with Crippen LogP contribution in [0.1, 0.15) is 32.1 Å². The van der Waals surface area contributed by atoms with E-state index in [-0.39, 0.29) is 0 Å². The SMILES string of the molecule is Fc1cc(-c2ccc(Cl)c(SC3CCCCC3)c2)cc(F)c1F. The summed E-state index contributed by atoms with van der Waals surface area (Å²) >= 11 is 7.98. The van der Waals surface area contributed by atoms with Gasteiger partial charge in [0.15, 0.2) is 17.5 Å². The highest BCUT2D eigenvalue weighted by Crippen LogP contribution is 2.39. The second kappa shape index (κ2) is 7.18. The standard InChI is InChI=1S/C18H16ClF3S/c19-14-7-6-11(12-8-15(20)18(22)16(21)9-12)10-17(14)23-13-4-2-1-3-5-13/h6-10,13H,1-5H2. The van der Waals surface area contributed by atoms with Gasteiger partial charge in [0.05, 0.1) is 5.02 Å². The second-order valence-corrected chi connectivity index (χ2v) is 7.53. The smallest absolute Gasteiger partial charge is 0.194 e. The third-order valence-electron chi connectivity index (χ3n) is 4.09. The van der Waals surface area contributed by atoms with Crippen molar-refractivity contribution in [3.05, 3.63) is 52.8 Å². The summed E-state index contributed by atoms with van der Waals surface area (Å²) in [5, 5.41) is 1.16. The van der Waals surface area contributed by atoms with Crippen LogP contribution in [0, 0.1) is 17.5 Å². The maximum absolute atomic E-state index is 13.4. The fourth-order valence-electron chi connectivity index (χ4n) is 2.86. The molecule has 0 aliphatic heterocycles. The summed E-state index contributed by atoms with van der Waals surface area (Å²) in [6.45, 7) is 0. The van der Waals surface area contributed by atoms with E-state index in [1.807, 2.05) is 6.07 Å². The van der Waals surface area contributed by atoms with Gasteiger partial charge < -0.3 is 0 Å². The van der Waals surface area contributed by atoms with Crippen LogP contribution in [0.15, 0.2) is 35.2 Å². The highest BCUT2D eigenvalue weighted by atomic mass is 35.5. The van der Waals surface area contributed by atoms with Crippen LogP contribution in [-0.4, -0.2) is 5.25 Å². The summed E-state index contributed by atoms with van der Waals surface area (Å²) in [7, 11) is 0. The van der Waals surface area contributed by atoms with Crippen molar-refractivity contribution in [1.29, 1.82) is 0 Å². The van der Waals surface area contributed by atoms with Crippen molar-refractivity contribution >= 4 is 23.4 Å². The molecule has 0 nitrogen and oxygen atoms in total. The van der Waals surface area contributed by atoms with Crippen LogP contribution in [0.5, 0.6) is 0 Å². The lowest BCUT2D eigenvalue weighted by Gasteiger charge is -2.21. The molecule has 0 radical (unpaired) electrons. The average molecular weight is 357 g/mol. The first-order valence-corrected chi connectivity index (χ1v) is 8.91. The van der Waals surface area contributed by atoms with Gasteiger partial charge in [0.25, 0.3) is 0 Å². The Kier molecular flexibility index (Phi) is 5.22. The summed E-state index contributed by atoms with van der Waals surface area (Å²) in [6, 6.07) is 7.27. The van der Waals surface area contributed by atoms with Crippen molar-refractivity contribution in [2.24, 2.45) is 0 Å². The molecule has 2 aromatic carbocycles. The van der Waals surface area contributed by atoms with Crippen LogP contribution in [-0.2, 0) is 0 Å². The van der Waals surface area contributed by atoms with Crippen molar-refractivity contribution in [1.82, 2.24) is 0 Å². The van der Waals surface area contributed by atoms with Crippen LogP contribution in [0.3, 0.4) is 0 Å². The van der Waals surface area contributed by atoms with Crippen LogP contribution in [0.25, 0.3) is 11.1 Å². The predicted molar refractivity (Wildman–Crippen MR) is 89.5 cm³/mol. The minimum atomic E-state index is -1.44. The number of benzene rings is 2. The minimum absolute atomic E-state index is 0.309. The number of halogens is 4. The Hall–Kier alpha value is -1.13. The summed E-state index contributed by atoms with van der Waals surface area (Å²) in [4.78, 5) is 0.904. The predicted octanol–water partition coefficient (Wildman–Crippen LogP) is 6.85. The second-order valence-electron chi connectivity index (χ2n) is 5.78. The quantitative estimate of drug-likeness (QED) is 0.542. The van der Waals surface area contributed by atoms with Crippen molar-refractivity contribution in [2.75, 3.05) is 0 Å². The van der Waals surface area contributed by atoms with Gasteiger partial charge in [-0.1, -0.05) is 36.9 Å². The third-order valence-corrected chi connectivity index (χ3v) is 5.93. The maximum Gasteiger partial charge on any atom is 0.194 e. The summed E-state index contributed by atoms with van der Waals surface area (Å²) < 4.78 is 40.0. The van der Waals surface area contributed by atoms with E-state index in [4.69, 9.17) is 11.6 Å². The fourth-order valence-corrected chi connectivity index (χ4v) is 4.41. The molecule has 0 N–H and O–H groups in total. The molecular formula is C18H16ClF3S. The molecule has 23 heavy (non-hydrogen) atoms. The van der Waals surface area contributed by atoms with Gasteiger partial charge in [-0.05, 0) is 48.2 Å². The van der Waals surface area contributed by atoms with Crippen LogP contribution < -0.4 is 0 Å². The number of thioether (sulfide) groups is 1. The molecule has 1 saturated carbocycles. The minimum Gasteiger partial charge on any atom is -0.204 e. The van der Waals surface area contributed by atoms with Gasteiger partial charge in [0, 0.05) is 10.1 Å². The van der Waals surface area contributed by atoms with E-state index < -0.39 is 17.5 Å². The normalized spacial score (nSPS) is 15.8. The number of rotatable bonds is 3. The van der Waals surface area contributed by atoms with Gasteiger partial charge in [-0.2, -0.15) is 0 Å². The maximum atomic E-state index is 13.4. The number of hydrogen-bond donors (Lipinski definition) is 0. The van der Waals surface area contributed by atoms with Gasteiger partial charge in [-0.3, -0.25) is 0 Å². The van der Waals surface area contributed by atoms with Crippen molar-refractivity contribution in [2.45, 2.75) is 42.2 Å². The first-order chi connectivity index (χ1) is 11.0. The average Bonchev–Trinajstić information content (AvgIpc) is 2.55. The largest absolute Gasteiger partial charge is 0.204 e. The molecule has 0 heterocycles. The van der Waals surface area contributed by atoms with Crippen molar-refractivity contribution < 1.29 is 13.2 Å². The lowest BCUT2D eigenvalue weighted by molar-refractivity contribution is 0.447. The molecule has 122 valence electrons. The molecule has 5 heteroatoms. The van der Waals surface area contributed by atoms with E-state index in [0.29, 0.717) is 21.4 Å². The molecule has 0 spiro atoms. The van der Waals surface area contributed by atoms with Gasteiger partial charge in [0.2, 0.25) is 0 Å². The molecule has 0 saturated heterocycles. The molecule has 3 rings (SSSR count). The lowest BCUT2D eigenvalue weighted by atomic mass is 10.0. The molecule has 1 fully saturated rings. The Morgan fingerprint density at radius 1 is 0.870 bits per heavy atom. The molecule has 0 atom stereocenters. The Morgan fingerprint density at radius 2 is 1.52 bits per heavy atom. The summed E-state index contributed by atoms with van der Waals surface area (Å²) in [5.41, 5.74) is 0.939. The zero-order chi connectivity index (χ0) is 16.4. The van der Waals surface area contributed by atoms with Crippen LogP contribution >= 0.6 is 23.4 Å². The molecule has 0 bridgehead atoms. The Bertz CT molecular complexity index is 688. The van der Waals surface area contributed by atoms with E-state index in [1.54, 1.807) is 23.9 Å². The molecule has 0 unspecified atom stereocenters. The molecule has 1 aliphatic rings. The van der Waals surface area contributed by atoms with Crippen LogP contribution in [0.2, 0.25) is 5.02 Å². The zero-order valence-electron chi connectivity index (χ0n) is 12.4. The Morgan fingerprint density at radius 3 is 2.17 bits per heavy atom. The van der Waals surface area contributed by atoms with E-state index in [1.165, 1.54) is 19.3 Å². The van der Waals surface area contributed by atoms with E-state index in [0.717, 1.165) is 29.9 Å². The van der Waals surface area contributed by atoms with Crippen molar-refractivity contribution in [3.8, 4) is 11.1 Å². The van der Waals surface area contributed by atoms with Gasteiger partial charge >= 0.3 is 0 Å². The topological polar surface area (TPSA) is 0 Å². The first-order valence-electron chi connectivity index (χ1n) is 7.65. The lowest BCUT2D eigenvalue weighted by Crippen LogP contribution is -2.07. The monoisotopic (exact) mass is 356 g/mol. The molecule has 0 aromatic heterocycles. The molecule has 2 aromatic rings. The van der Waals surface area contributed by atoms with E-state index >= 15 is 0 Å². The van der Waals surface area contributed by atoms with Gasteiger partial charge in [0.1, 0.15) is 0 Å². The third kappa shape index (κ3) is 3.86. The number of hydrogen-bond acceptors (Lipinski definition) is 1. The van der Waals surface area contributed by atoms with E-state index in [2.05, 4.69) is 0 Å². The Labute approximate surface area is 143 Å². The molecular weight excluding hydrogens is 341 g/mol. The molecule has 1 aliphatic carbocycles. The fraction of sp³-hybridized carbons (Fsp3) is 0.333. The van der Waals surface area contributed by atoms with Crippen molar-refractivity contribution in [3.63, 3.8) is 0 Å². The first kappa shape index (κ1) is 16.7. The van der Waals surface area contributed by atoms with Gasteiger partial charge in [-0.15, -0.1) is 11.8 Å². The highest BCUT2D eigenvalue weighted by molar-refractivity contribution is 8.00.